The number of rotatable bonds is 7. The Bertz CT molecular complexity index is 773. The van der Waals surface area contributed by atoms with Gasteiger partial charge in [0.2, 0.25) is 5.91 Å². The van der Waals surface area contributed by atoms with Gasteiger partial charge in [-0.2, -0.15) is 0 Å². The van der Waals surface area contributed by atoms with Crippen LogP contribution in [0.4, 0.5) is 11.4 Å². The Morgan fingerprint density at radius 3 is 2.50 bits per heavy atom. The van der Waals surface area contributed by atoms with E-state index in [1.807, 2.05) is 43.1 Å². The fraction of sp³-hybridized carbons (Fsp3) is 0.333. The second-order valence-corrected chi connectivity index (χ2v) is 6.59. The van der Waals surface area contributed by atoms with Gasteiger partial charge in [-0.1, -0.05) is 31.2 Å². The zero-order valence-electron chi connectivity index (χ0n) is 15.9. The Kier molecular flexibility index (Phi) is 6.92. The van der Waals surface area contributed by atoms with Gasteiger partial charge in [0.25, 0.3) is 5.91 Å². The highest BCUT2D eigenvalue weighted by molar-refractivity contribution is 6.10. The first kappa shape index (κ1) is 19.7. The number of para-hydroxylation sites is 1. The van der Waals surface area contributed by atoms with Crippen molar-refractivity contribution in [1.29, 1.82) is 0 Å². The average molecular weight is 353 g/mol. The Morgan fingerprint density at radius 2 is 1.81 bits per heavy atom. The van der Waals surface area contributed by atoms with E-state index in [-0.39, 0.29) is 18.4 Å². The average Bonchev–Trinajstić information content (AvgIpc) is 2.61. The fourth-order valence-electron chi connectivity index (χ4n) is 2.60. The van der Waals surface area contributed by atoms with Crippen molar-refractivity contribution in [2.75, 3.05) is 24.2 Å². The number of carbonyl (C=O) groups is 2. The van der Waals surface area contributed by atoms with Gasteiger partial charge in [0.15, 0.2) is 0 Å². The molecular formula is C21H27N3O2. The molecule has 2 aromatic carbocycles. The van der Waals surface area contributed by atoms with Gasteiger partial charge in [0.05, 0.1) is 17.8 Å². The Balaban J connectivity index is 2.09. The lowest BCUT2D eigenvalue weighted by atomic mass is 10.1. The standard InChI is InChI=1S/C21H27N3O2/c1-5-16(3)24(4)14-20(25)23-19-12-7-6-11-18(19)21(26)22-17-10-8-9-15(2)13-17/h6-13,16H,5,14H2,1-4H3,(H,22,26)(H,23,25)/t16-/m1/s1. The van der Waals surface area contributed by atoms with Crippen molar-refractivity contribution in [2.45, 2.75) is 33.2 Å². The van der Waals surface area contributed by atoms with E-state index in [2.05, 4.69) is 24.5 Å². The van der Waals surface area contributed by atoms with Gasteiger partial charge in [-0.3, -0.25) is 14.5 Å². The van der Waals surface area contributed by atoms with Crippen molar-refractivity contribution in [3.63, 3.8) is 0 Å². The topological polar surface area (TPSA) is 61.4 Å². The number of benzene rings is 2. The molecule has 0 aliphatic carbocycles. The van der Waals surface area contributed by atoms with Crippen molar-refractivity contribution in [3.05, 3.63) is 59.7 Å². The smallest absolute Gasteiger partial charge is 0.257 e. The summed E-state index contributed by atoms with van der Waals surface area (Å²) in [7, 11) is 1.92. The minimum Gasteiger partial charge on any atom is -0.324 e. The minimum absolute atomic E-state index is 0.136. The van der Waals surface area contributed by atoms with Crippen LogP contribution in [0.15, 0.2) is 48.5 Å². The molecule has 2 amide bonds. The molecule has 0 aliphatic heterocycles. The van der Waals surface area contributed by atoms with E-state index >= 15 is 0 Å². The van der Waals surface area contributed by atoms with Crippen LogP contribution < -0.4 is 10.6 Å². The Morgan fingerprint density at radius 1 is 1.08 bits per heavy atom. The van der Waals surface area contributed by atoms with Crippen molar-refractivity contribution in [3.8, 4) is 0 Å². The quantitative estimate of drug-likeness (QED) is 0.793. The lowest BCUT2D eigenvalue weighted by molar-refractivity contribution is -0.117. The molecule has 0 saturated carbocycles. The molecule has 0 fully saturated rings. The summed E-state index contributed by atoms with van der Waals surface area (Å²) in [5.41, 5.74) is 2.75. The number of hydrogen-bond donors (Lipinski definition) is 2. The molecule has 2 rings (SSSR count). The number of nitrogens with zero attached hydrogens (tertiary/aromatic N) is 1. The molecule has 2 N–H and O–H groups in total. The molecule has 2 aromatic rings. The van der Waals surface area contributed by atoms with Gasteiger partial charge < -0.3 is 10.6 Å². The van der Waals surface area contributed by atoms with E-state index in [0.29, 0.717) is 17.3 Å². The number of likely N-dealkylation sites (N-methyl/N-ethyl adjacent to an activating group) is 1. The van der Waals surface area contributed by atoms with Gasteiger partial charge in [-0.05, 0) is 57.1 Å². The van der Waals surface area contributed by atoms with E-state index in [1.54, 1.807) is 24.3 Å². The van der Waals surface area contributed by atoms with Crippen LogP contribution in [0.25, 0.3) is 0 Å². The maximum absolute atomic E-state index is 12.6. The molecule has 0 bridgehead atoms. The highest BCUT2D eigenvalue weighted by Gasteiger charge is 2.16. The van der Waals surface area contributed by atoms with Crippen LogP contribution in [0.2, 0.25) is 0 Å². The van der Waals surface area contributed by atoms with E-state index in [1.165, 1.54) is 0 Å². The van der Waals surface area contributed by atoms with Crippen LogP contribution in [0.5, 0.6) is 0 Å². The minimum atomic E-state index is -0.248. The van der Waals surface area contributed by atoms with E-state index in [4.69, 9.17) is 0 Å². The van der Waals surface area contributed by atoms with E-state index < -0.39 is 0 Å². The van der Waals surface area contributed by atoms with Gasteiger partial charge in [0.1, 0.15) is 0 Å². The molecule has 0 unspecified atom stereocenters. The molecule has 0 aliphatic rings. The molecule has 26 heavy (non-hydrogen) atoms. The summed E-state index contributed by atoms with van der Waals surface area (Å²) in [6, 6.07) is 15.0. The predicted molar refractivity (Wildman–Crippen MR) is 107 cm³/mol. The molecule has 0 spiro atoms. The first-order chi connectivity index (χ1) is 12.4. The molecular weight excluding hydrogens is 326 g/mol. The van der Waals surface area contributed by atoms with Crippen molar-refractivity contribution in [2.24, 2.45) is 0 Å². The number of carbonyl (C=O) groups excluding carboxylic acids is 2. The molecule has 138 valence electrons. The molecule has 5 heteroatoms. The summed E-state index contributed by atoms with van der Waals surface area (Å²) in [6.45, 7) is 6.42. The molecule has 0 radical (unpaired) electrons. The fourth-order valence-corrected chi connectivity index (χ4v) is 2.60. The molecule has 5 nitrogen and oxygen atoms in total. The van der Waals surface area contributed by atoms with Gasteiger partial charge in [-0.15, -0.1) is 0 Å². The van der Waals surface area contributed by atoms with Gasteiger partial charge in [-0.25, -0.2) is 0 Å². The van der Waals surface area contributed by atoms with Crippen molar-refractivity contribution in [1.82, 2.24) is 4.90 Å². The summed E-state index contributed by atoms with van der Waals surface area (Å²) in [5.74, 6) is -0.384. The number of nitrogens with one attached hydrogen (secondary N) is 2. The summed E-state index contributed by atoms with van der Waals surface area (Å²) in [6.07, 6.45) is 0.971. The molecule has 0 saturated heterocycles. The summed E-state index contributed by atoms with van der Waals surface area (Å²) in [4.78, 5) is 27.0. The van der Waals surface area contributed by atoms with E-state index in [9.17, 15) is 9.59 Å². The van der Waals surface area contributed by atoms with Crippen LogP contribution in [0.3, 0.4) is 0 Å². The third-order valence-corrected chi connectivity index (χ3v) is 4.46. The summed E-state index contributed by atoms with van der Waals surface area (Å²) >= 11 is 0. The van der Waals surface area contributed by atoms with Crippen molar-refractivity contribution >= 4 is 23.2 Å². The Labute approximate surface area is 155 Å². The lowest BCUT2D eigenvalue weighted by Crippen LogP contribution is -2.36. The van der Waals surface area contributed by atoms with Crippen LogP contribution in [-0.2, 0) is 4.79 Å². The number of amides is 2. The highest BCUT2D eigenvalue weighted by atomic mass is 16.2. The normalized spacial score (nSPS) is 11.9. The summed E-state index contributed by atoms with van der Waals surface area (Å²) < 4.78 is 0. The summed E-state index contributed by atoms with van der Waals surface area (Å²) in [5, 5.41) is 5.74. The first-order valence-electron chi connectivity index (χ1n) is 8.87. The van der Waals surface area contributed by atoms with Gasteiger partial charge in [0, 0.05) is 11.7 Å². The SMILES string of the molecule is CC[C@@H](C)N(C)CC(=O)Nc1ccccc1C(=O)Nc1cccc(C)c1. The Hall–Kier alpha value is -2.66. The number of hydrogen-bond acceptors (Lipinski definition) is 3. The highest BCUT2D eigenvalue weighted by Crippen LogP contribution is 2.18. The third-order valence-electron chi connectivity index (χ3n) is 4.46. The largest absolute Gasteiger partial charge is 0.324 e. The van der Waals surface area contributed by atoms with Crippen LogP contribution in [0.1, 0.15) is 36.2 Å². The zero-order chi connectivity index (χ0) is 19.1. The second kappa shape index (κ2) is 9.15. The van der Waals surface area contributed by atoms with Crippen LogP contribution in [-0.4, -0.2) is 36.3 Å². The van der Waals surface area contributed by atoms with Crippen LogP contribution in [0, 0.1) is 6.92 Å². The molecule has 0 aromatic heterocycles. The maximum atomic E-state index is 12.6. The molecule has 0 heterocycles. The maximum Gasteiger partial charge on any atom is 0.257 e. The van der Waals surface area contributed by atoms with Crippen molar-refractivity contribution < 1.29 is 9.59 Å². The van der Waals surface area contributed by atoms with E-state index in [0.717, 1.165) is 17.7 Å². The second-order valence-electron chi connectivity index (χ2n) is 6.59. The van der Waals surface area contributed by atoms with Crippen LogP contribution >= 0.6 is 0 Å². The number of aryl methyl sites for hydroxylation is 1. The lowest BCUT2D eigenvalue weighted by Gasteiger charge is -2.23. The third kappa shape index (κ3) is 5.43. The predicted octanol–water partition coefficient (Wildman–Crippen LogP) is 3.92. The first-order valence-corrected chi connectivity index (χ1v) is 8.87. The zero-order valence-corrected chi connectivity index (χ0v) is 15.9. The number of anilines is 2. The van der Waals surface area contributed by atoms with Gasteiger partial charge >= 0.3 is 0 Å². The monoisotopic (exact) mass is 353 g/mol. The molecule has 1 atom stereocenters.